The number of rotatable bonds is 6. The highest BCUT2D eigenvalue weighted by molar-refractivity contribution is 7.91. The number of alkyl halides is 3. The molecule has 1 atom stereocenters. The normalized spacial score (nSPS) is 13.1. The molecule has 0 aliphatic carbocycles. The van der Waals surface area contributed by atoms with Crippen LogP contribution >= 0.6 is 11.3 Å². The molecule has 1 amide bonds. The minimum atomic E-state index is -4.49. The molecule has 3 rings (SSSR count). The van der Waals surface area contributed by atoms with Gasteiger partial charge in [0.15, 0.2) is 0 Å². The zero-order chi connectivity index (χ0) is 21.1. The van der Waals surface area contributed by atoms with Crippen LogP contribution in [0.25, 0.3) is 0 Å². The van der Waals surface area contributed by atoms with Gasteiger partial charge in [0.2, 0.25) is 5.91 Å². The van der Waals surface area contributed by atoms with Gasteiger partial charge in [-0.05, 0) is 41.3 Å². The summed E-state index contributed by atoms with van der Waals surface area (Å²) in [7, 11) is -3.97. The minimum absolute atomic E-state index is 0.0424. The molecule has 0 fully saturated rings. The molecule has 0 saturated heterocycles. The van der Waals surface area contributed by atoms with Gasteiger partial charge in [-0.3, -0.25) is 4.79 Å². The van der Waals surface area contributed by atoms with Gasteiger partial charge >= 0.3 is 6.18 Å². The number of halogens is 3. The lowest BCUT2D eigenvalue weighted by atomic mass is 10.1. The van der Waals surface area contributed by atoms with E-state index >= 15 is 0 Å². The molecule has 10 heteroatoms. The first kappa shape index (κ1) is 21.0. The van der Waals surface area contributed by atoms with E-state index in [1.54, 1.807) is 41.8 Å². The van der Waals surface area contributed by atoms with Crippen molar-refractivity contribution < 1.29 is 26.4 Å². The summed E-state index contributed by atoms with van der Waals surface area (Å²) in [5.74, 6) is -0.726. The highest BCUT2D eigenvalue weighted by Gasteiger charge is 2.31. The lowest BCUT2D eigenvalue weighted by Gasteiger charge is -2.19. The topological polar surface area (TPSA) is 75.3 Å². The number of benzene rings is 2. The standard InChI is InChI=1S/C19H15F3N2O3S2/c20-19(21,22)14-8-10-15(11-9-14)23-18(25)17(13-5-2-1-3-6-13)24-29(26,27)16-7-4-12-28-16/h1-12,17,24H,(H,23,25)/t17-/m1/s1. The zero-order valence-electron chi connectivity index (χ0n) is 14.7. The van der Waals surface area contributed by atoms with Gasteiger partial charge in [0, 0.05) is 5.69 Å². The maximum atomic E-state index is 12.8. The maximum Gasteiger partial charge on any atom is 0.416 e. The number of nitrogens with one attached hydrogen (secondary N) is 2. The predicted molar refractivity (Wildman–Crippen MR) is 104 cm³/mol. The van der Waals surface area contributed by atoms with Crippen molar-refractivity contribution >= 4 is 33.0 Å². The molecule has 29 heavy (non-hydrogen) atoms. The third-order valence-electron chi connectivity index (χ3n) is 3.91. The lowest BCUT2D eigenvalue weighted by molar-refractivity contribution is -0.137. The number of carbonyl (C=O) groups excluding carboxylic acids is 1. The average molecular weight is 440 g/mol. The van der Waals surface area contributed by atoms with E-state index in [2.05, 4.69) is 10.0 Å². The Morgan fingerprint density at radius 1 is 0.931 bits per heavy atom. The fourth-order valence-electron chi connectivity index (χ4n) is 2.51. The summed E-state index contributed by atoms with van der Waals surface area (Å²) in [6, 6.07) is 13.7. The van der Waals surface area contributed by atoms with Crippen LogP contribution in [0.15, 0.2) is 76.3 Å². The molecule has 0 bridgehead atoms. The number of carbonyl (C=O) groups is 1. The second-order valence-corrected chi connectivity index (χ2v) is 8.85. The molecule has 0 radical (unpaired) electrons. The van der Waals surface area contributed by atoms with E-state index in [4.69, 9.17) is 0 Å². The number of amides is 1. The quantitative estimate of drug-likeness (QED) is 0.596. The lowest BCUT2D eigenvalue weighted by Crippen LogP contribution is -2.36. The van der Waals surface area contributed by atoms with Crippen molar-refractivity contribution in [2.45, 2.75) is 16.4 Å². The van der Waals surface area contributed by atoms with E-state index < -0.39 is 33.7 Å². The fourth-order valence-corrected chi connectivity index (χ4v) is 4.70. The SMILES string of the molecule is O=C(Nc1ccc(C(F)(F)F)cc1)[C@H](NS(=O)(=O)c1cccs1)c1ccccc1. The third-order valence-corrected chi connectivity index (χ3v) is 6.73. The summed E-state index contributed by atoms with van der Waals surface area (Å²) < 4.78 is 65.6. The van der Waals surface area contributed by atoms with Gasteiger partial charge in [-0.25, -0.2) is 8.42 Å². The minimum Gasteiger partial charge on any atom is -0.324 e. The van der Waals surface area contributed by atoms with Crippen molar-refractivity contribution in [1.29, 1.82) is 0 Å². The summed E-state index contributed by atoms with van der Waals surface area (Å²) in [6.45, 7) is 0. The van der Waals surface area contributed by atoms with E-state index in [0.29, 0.717) is 5.56 Å². The van der Waals surface area contributed by atoms with Crippen molar-refractivity contribution in [3.05, 3.63) is 83.2 Å². The number of thiophene rings is 1. The first-order valence-corrected chi connectivity index (χ1v) is 10.6. The maximum absolute atomic E-state index is 12.8. The third kappa shape index (κ3) is 5.22. The van der Waals surface area contributed by atoms with E-state index in [9.17, 15) is 26.4 Å². The van der Waals surface area contributed by atoms with Gasteiger partial charge in [-0.15, -0.1) is 11.3 Å². The first-order valence-electron chi connectivity index (χ1n) is 8.26. The van der Waals surface area contributed by atoms with Gasteiger partial charge in [0.05, 0.1) is 5.56 Å². The predicted octanol–water partition coefficient (Wildman–Crippen LogP) is 4.43. The average Bonchev–Trinajstić information content (AvgIpc) is 3.22. The van der Waals surface area contributed by atoms with Crippen molar-refractivity contribution in [3.63, 3.8) is 0 Å². The largest absolute Gasteiger partial charge is 0.416 e. The van der Waals surface area contributed by atoms with Gasteiger partial charge in [0.25, 0.3) is 10.0 Å². The Bertz CT molecular complexity index is 1070. The molecule has 3 aromatic rings. The molecule has 1 heterocycles. The molecule has 0 aliphatic heterocycles. The summed E-state index contributed by atoms with van der Waals surface area (Å²) in [5, 5.41) is 4.05. The molecule has 1 aromatic heterocycles. The molecule has 2 aromatic carbocycles. The highest BCUT2D eigenvalue weighted by atomic mass is 32.2. The Morgan fingerprint density at radius 3 is 2.14 bits per heavy atom. The molecule has 0 saturated carbocycles. The second kappa shape index (κ2) is 8.36. The number of sulfonamides is 1. The van der Waals surface area contributed by atoms with Crippen LogP contribution in [0.1, 0.15) is 17.2 Å². The number of hydrogen-bond donors (Lipinski definition) is 2. The van der Waals surface area contributed by atoms with E-state index in [1.807, 2.05) is 0 Å². The fraction of sp³-hybridized carbons (Fsp3) is 0.105. The van der Waals surface area contributed by atoms with Crippen molar-refractivity contribution in [1.82, 2.24) is 4.72 Å². The monoisotopic (exact) mass is 440 g/mol. The highest BCUT2D eigenvalue weighted by Crippen LogP contribution is 2.30. The Labute approximate surface area is 169 Å². The molecule has 152 valence electrons. The smallest absolute Gasteiger partial charge is 0.324 e. The number of anilines is 1. The van der Waals surface area contributed by atoms with Crippen LogP contribution in [0.4, 0.5) is 18.9 Å². The molecule has 0 aliphatic rings. The van der Waals surface area contributed by atoms with E-state index in [-0.39, 0.29) is 9.90 Å². The summed E-state index contributed by atoms with van der Waals surface area (Å²) in [4.78, 5) is 12.8. The summed E-state index contributed by atoms with van der Waals surface area (Å²) in [5.41, 5.74) is -0.357. The number of hydrogen-bond acceptors (Lipinski definition) is 4. The Balaban J connectivity index is 1.85. The van der Waals surface area contributed by atoms with Gasteiger partial charge in [-0.2, -0.15) is 17.9 Å². The van der Waals surface area contributed by atoms with Crippen LogP contribution in [0.2, 0.25) is 0 Å². The molecular weight excluding hydrogens is 425 g/mol. The van der Waals surface area contributed by atoms with Crippen LogP contribution in [-0.4, -0.2) is 14.3 Å². The van der Waals surface area contributed by atoms with E-state index in [0.717, 1.165) is 35.6 Å². The molecule has 0 unspecified atom stereocenters. The van der Waals surface area contributed by atoms with Crippen LogP contribution in [0, 0.1) is 0 Å². The van der Waals surface area contributed by atoms with Crippen molar-refractivity contribution in [2.75, 3.05) is 5.32 Å². The van der Waals surface area contributed by atoms with Crippen LogP contribution in [0.5, 0.6) is 0 Å². The molecule has 2 N–H and O–H groups in total. The van der Waals surface area contributed by atoms with Gasteiger partial charge in [-0.1, -0.05) is 36.4 Å². The van der Waals surface area contributed by atoms with Crippen LogP contribution < -0.4 is 10.0 Å². The molecule has 5 nitrogen and oxygen atoms in total. The van der Waals surface area contributed by atoms with Crippen LogP contribution in [0.3, 0.4) is 0 Å². The summed E-state index contributed by atoms with van der Waals surface area (Å²) >= 11 is 0.998. The first-order chi connectivity index (χ1) is 13.7. The van der Waals surface area contributed by atoms with Crippen LogP contribution in [-0.2, 0) is 21.0 Å². The van der Waals surface area contributed by atoms with Gasteiger partial charge in [0.1, 0.15) is 10.3 Å². The Kier molecular flexibility index (Phi) is 6.06. The molecule has 0 spiro atoms. The van der Waals surface area contributed by atoms with Crippen molar-refractivity contribution in [3.8, 4) is 0 Å². The van der Waals surface area contributed by atoms with Crippen molar-refractivity contribution in [2.24, 2.45) is 0 Å². The zero-order valence-corrected chi connectivity index (χ0v) is 16.3. The Morgan fingerprint density at radius 2 is 1.59 bits per heavy atom. The molecular formula is C19H15F3N2O3S2. The van der Waals surface area contributed by atoms with Gasteiger partial charge < -0.3 is 5.32 Å². The van der Waals surface area contributed by atoms with E-state index in [1.165, 1.54) is 6.07 Å². The summed E-state index contributed by atoms with van der Waals surface area (Å²) in [6.07, 6.45) is -4.49. The Hall–Kier alpha value is -2.69. The second-order valence-electron chi connectivity index (χ2n) is 5.96.